The van der Waals surface area contributed by atoms with Gasteiger partial charge in [0, 0.05) is 10.4 Å². The topological polar surface area (TPSA) is 0 Å². The molecule has 0 aliphatic rings. The number of alkyl halides is 1. The van der Waals surface area contributed by atoms with E-state index in [1.165, 1.54) is 21.2 Å². The molecule has 0 spiro atoms. The van der Waals surface area contributed by atoms with Crippen molar-refractivity contribution in [3.63, 3.8) is 0 Å². The summed E-state index contributed by atoms with van der Waals surface area (Å²) in [4.78, 5) is 0. The molecule has 1 rings (SSSR count). The van der Waals surface area contributed by atoms with Crippen molar-refractivity contribution in [3.8, 4) is 0 Å². The number of halogens is 2. The molecule has 0 radical (unpaired) electrons. The fourth-order valence-electron chi connectivity index (χ4n) is 1.81. The molecule has 0 fully saturated rings. The number of hydrogen-bond acceptors (Lipinski definition) is 0. The van der Waals surface area contributed by atoms with Gasteiger partial charge in [0.1, 0.15) is 0 Å². The molecule has 0 N–H and O–H groups in total. The van der Waals surface area contributed by atoms with Crippen LogP contribution in [0, 0.1) is 5.92 Å². The van der Waals surface area contributed by atoms with E-state index >= 15 is 0 Å². The van der Waals surface area contributed by atoms with Crippen LogP contribution in [0.5, 0.6) is 0 Å². The lowest BCUT2D eigenvalue weighted by Crippen LogP contribution is -2.02. The molecule has 0 aliphatic carbocycles. The van der Waals surface area contributed by atoms with Gasteiger partial charge in [0.25, 0.3) is 0 Å². The Hall–Kier alpha value is -0.0100. The van der Waals surface area contributed by atoms with Gasteiger partial charge < -0.3 is 0 Å². The van der Waals surface area contributed by atoms with E-state index in [1.54, 1.807) is 0 Å². The first-order valence-electron chi connectivity index (χ1n) is 5.82. The van der Waals surface area contributed by atoms with Crippen molar-refractivity contribution < 1.29 is 0 Å². The van der Waals surface area contributed by atoms with Gasteiger partial charge in [-0.25, -0.2) is 0 Å². The molecule has 0 atom stereocenters. The van der Waals surface area contributed by atoms with Crippen molar-refractivity contribution in [3.05, 3.63) is 33.3 Å². The highest BCUT2D eigenvalue weighted by molar-refractivity contribution is 9.10. The van der Waals surface area contributed by atoms with Crippen molar-refractivity contribution in [1.82, 2.24) is 0 Å². The van der Waals surface area contributed by atoms with Crippen molar-refractivity contribution >= 4 is 27.5 Å². The summed E-state index contributed by atoms with van der Waals surface area (Å²) in [6, 6.07) is 4.48. The van der Waals surface area contributed by atoms with E-state index in [0.717, 1.165) is 6.42 Å². The highest BCUT2D eigenvalue weighted by Crippen LogP contribution is 2.29. The minimum Gasteiger partial charge on any atom is -0.122 e. The summed E-state index contributed by atoms with van der Waals surface area (Å²) in [5.74, 6) is 1.80. The van der Waals surface area contributed by atoms with E-state index in [1.807, 2.05) is 0 Å². The van der Waals surface area contributed by atoms with Gasteiger partial charge in [-0.2, -0.15) is 0 Å². The van der Waals surface area contributed by atoms with Gasteiger partial charge in [-0.05, 0) is 41.0 Å². The largest absolute Gasteiger partial charge is 0.122 e. The average molecular weight is 304 g/mol. The first kappa shape index (κ1) is 14.1. The normalized spacial score (nSPS) is 11.5. The zero-order valence-corrected chi connectivity index (χ0v) is 12.8. The molecule has 0 aliphatic heterocycles. The third-order valence-corrected chi connectivity index (χ3v) is 3.73. The molecule has 0 aromatic heterocycles. The van der Waals surface area contributed by atoms with Crippen LogP contribution in [0.25, 0.3) is 0 Å². The quantitative estimate of drug-likeness (QED) is 0.643. The fraction of sp³-hybridized carbons (Fsp3) is 0.571. The van der Waals surface area contributed by atoms with Crippen LogP contribution in [0.15, 0.2) is 16.6 Å². The Bertz CT molecular complexity index is 356. The third-order valence-electron chi connectivity index (χ3n) is 2.73. The molecular formula is C14H20BrCl. The number of hydrogen-bond donors (Lipinski definition) is 0. The molecule has 0 bridgehead atoms. The van der Waals surface area contributed by atoms with Crippen molar-refractivity contribution in [2.24, 2.45) is 5.92 Å². The summed E-state index contributed by atoms with van der Waals surface area (Å²) in [7, 11) is 0. The van der Waals surface area contributed by atoms with E-state index in [4.69, 9.17) is 11.6 Å². The third kappa shape index (κ3) is 3.49. The van der Waals surface area contributed by atoms with Gasteiger partial charge in [-0.1, -0.05) is 49.7 Å². The second-order valence-corrected chi connectivity index (χ2v) is 6.15. The van der Waals surface area contributed by atoms with Crippen LogP contribution >= 0.6 is 27.5 Å². The predicted molar refractivity (Wildman–Crippen MR) is 76.3 cm³/mol. The Balaban J connectivity index is 3.17. The second-order valence-electron chi connectivity index (χ2n) is 5.03. The molecule has 16 heavy (non-hydrogen) atoms. The summed E-state index contributed by atoms with van der Waals surface area (Å²) in [5.41, 5.74) is 4.00. The van der Waals surface area contributed by atoms with Crippen molar-refractivity contribution in [2.75, 3.05) is 0 Å². The maximum Gasteiger partial charge on any atom is 0.0477 e. The van der Waals surface area contributed by atoms with Gasteiger partial charge in [0.2, 0.25) is 0 Å². The monoisotopic (exact) mass is 302 g/mol. The minimum absolute atomic E-state index is 0.548. The van der Waals surface area contributed by atoms with Crippen LogP contribution in [0.2, 0.25) is 0 Å². The summed E-state index contributed by atoms with van der Waals surface area (Å²) in [6.07, 6.45) is 1.08. The molecule has 1 aromatic carbocycles. The Kier molecular flexibility index (Phi) is 5.33. The Morgan fingerprint density at radius 3 is 2.25 bits per heavy atom. The number of rotatable bonds is 4. The SMILES string of the molecule is CC(C)Cc1c(Br)cc(C(C)C)cc1CCl. The molecule has 90 valence electrons. The summed E-state index contributed by atoms with van der Waals surface area (Å²) in [5, 5.41) is 0. The van der Waals surface area contributed by atoms with Gasteiger partial charge in [-0.15, -0.1) is 11.6 Å². The number of benzene rings is 1. The molecule has 0 heterocycles. The van der Waals surface area contributed by atoms with Crippen LogP contribution < -0.4 is 0 Å². The summed E-state index contributed by atoms with van der Waals surface area (Å²) >= 11 is 9.72. The van der Waals surface area contributed by atoms with Crippen molar-refractivity contribution in [2.45, 2.75) is 45.9 Å². The van der Waals surface area contributed by atoms with Crippen molar-refractivity contribution in [1.29, 1.82) is 0 Å². The zero-order valence-electron chi connectivity index (χ0n) is 10.5. The highest BCUT2D eigenvalue weighted by Gasteiger charge is 2.11. The molecule has 0 saturated carbocycles. The smallest absolute Gasteiger partial charge is 0.0477 e. The van der Waals surface area contributed by atoms with E-state index in [9.17, 15) is 0 Å². The van der Waals surface area contributed by atoms with E-state index in [-0.39, 0.29) is 0 Å². The van der Waals surface area contributed by atoms with Gasteiger partial charge in [-0.3, -0.25) is 0 Å². The van der Waals surface area contributed by atoms with Crippen LogP contribution in [0.3, 0.4) is 0 Å². The molecular weight excluding hydrogens is 284 g/mol. The van der Waals surface area contributed by atoms with Gasteiger partial charge in [0.15, 0.2) is 0 Å². The molecule has 0 amide bonds. The predicted octanol–water partition coefficient (Wildman–Crippen LogP) is 5.51. The lowest BCUT2D eigenvalue weighted by Gasteiger charge is -2.16. The van der Waals surface area contributed by atoms with Crippen LogP contribution in [0.4, 0.5) is 0 Å². The average Bonchev–Trinajstić information content (AvgIpc) is 2.19. The summed E-state index contributed by atoms with van der Waals surface area (Å²) < 4.78 is 1.21. The maximum atomic E-state index is 6.04. The Labute approximate surface area is 113 Å². The lowest BCUT2D eigenvalue weighted by atomic mass is 9.93. The molecule has 0 unspecified atom stereocenters. The van der Waals surface area contributed by atoms with E-state index in [0.29, 0.717) is 17.7 Å². The maximum absolute atomic E-state index is 6.04. The molecule has 0 saturated heterocycles. The zero-order chi connectivity index (χ0) is 12.3. The fourth-order valence-corrected chi connectivity index (χ4v) is 2.73. The van der Waals surface area contributed by atoms with Gasteiger partial charge >= 0.3 is 0 Å². The van der Waals surface area contributed by atoms with Gasteiger partial charge in [0.05, 0.1) is 0 Å². The van der Waals surface area contributed by atoms with Crippen LogP contribution in [0.1, 0.15) is 50.3 Å². The van der Waals surface area contributed by atoms with E-state index < -0.39 is 0 Å². The first-order valence-corrected chi connectivity index (χ1v) is 7.15. The lowest BCUT2D eigenvalue weighted by molar-refractivity contribution is 0.642. The first-order chi connectivity index (χ1) is 7.45. The minimum atomic E-state index is 0.548. The molecule has 2 heteroatoms. The van der Waals surface area contributed by atoms with Crippen LogP contribution in [-0.2, 0) is 12.3 Å². The molecule has 0 nitrogen and oxygen atoms in total. The second kappa shape index (κ2) is 6.07. The standard InChI is InChI=1S/C14H20BrCl/c1-9(2)5-13-12(8-16)6-11(10(3)4)7-14(13)15/h6-7,9-10H,5,8H2,1-4H3. The Morgan fingerprint density at radius 2 is 1.81 bits per heavy atom. The van der Waals surface area contributed by atoms with E-state index in [2.05, 4.69) is 55.8 Å². The highest BCUT2D eigenvalue weighted by atomic mass is 79.9. The van der Waals surface area contributed by atoms with Crippen LogP contribution in [-0.4, -0.2) is 0 Å². The molecule has 1 aromatic rings. The summed E-state index contributed by atoms with van der Waals surface area (Å²) in [6.45, 7) is 8.89. The Morgan fingerprint density at radius 1 is 1.19 bits per heavy atom.